The van der Waals surface area contributed by atoms with Gasteiger partial charge in [0, 0.05) is 12.1 Å². The third-order valence-corrected chi connectivity index (χ3v) is 3.19. The Morgan fingerprint density at radius 1 is 1.00 bits per heavy atom. The maximum absolute atomic E-state index is 13.2. The lowest BCUT2D eigenvalue weighted by atomic mass is 9.98. The van der Waals surface area contributed by atoms with E-state index in [1.54, 1.807) is 0 Å². The maximum atomic E-state index is 13.2. The molecule has 1 nitrogen and oxygen atoms in total. The van der Waals surface area contributed by atoms with E-state index in [0.29, 0.717) is 12.0 Å². The number of hydrogen-bond donors (Lipinski definition) is 1. The first-order valence-corrected chi connectivity index (χ1v) is 6.27. The summed E-state index contributed by atoms with van der Waals surface area (Å²) < 4.78 is 26.4. The van der Waals surface area contributed by atoms with Crippen LogP contribution in [0.5, 0.6) is 0 Å². The van der Waals surface area contributed by atoms with Crippen LogP contribution in [0.4, 0.5) is 8.78 Å². The zero-order valence-corrected chi connectivity index (χ0v) is 11.1. The minimum atomic E-state index is -0.534. The highest BCUT2D eigenvalue weighted by Crippen LogP contribution is 2.20. The molecule has 0 fully saturated rings. The Balaban J connectivity index is 2.21. The summed E-state index contributed by atoms with van der Waals surface area (Å²) in [5, 5.41) is 3.18. The average molecular weight is 261 g/mol. The van der Waals surface area contributed by atoms with Crippen molar-refractivity contribution < 1.29 is 8.78 Å². The zero-order chi connectivity index (χ0) is 13.8. The van der Waals surface area contributed by atoms with E-state index in [2.05, 4.69) is 5.32 Å². The smallest absolute Gasteiger partial charge is 0.126 e. The molecular weight excluding hydrogens is 244 g/mol. The molecule has 0 aliphatic carbocycles. The van der Waals surface area contributed by atoms with Crippen LogP contribution in [0, 0.1) is 18.6 Å². The van der Waals surface area contributed by atoms with Crippen molar-refractivity contribution in [3.63, 3.8) is 0 Å². The Morgan fingerprint density at radius 3 is 2.11 bits per heavy atom. The predicted molar refractivity (Wildman–Crippen MR) is 73.0 cm³/mol. The van der Waals surface area contributed by atoms with E-state index in [0.717, 1.165) is 11.6 Å². The second-order valence-corrected chi connectivity index (χ2v) is 4.73. The molecule has 0 saturated carbocycles. The molecule has 0 aliphatic rings. The molecule has 1 N–H and O–H groups in total. The van der Waals surface area contributed by atoms with Gasteiger partial charge in [-0.25, -0.2) is 8.78 Å². The molecule has 3 heteroatoms. The van der Waals surface area contributed by atoms with Gasteiger partial charge in [0.1, 0.15) is 11.6 Å². The molecule has 0 amide bonds. The number of benzene rings is 2. The van der Waals surface area contributed by atoms with Gasteiger partial charge in [0.05, 0.1) is 0 Å². The minimum Gasteiger partial charge on any atom is -0.313 e. The van der Waals surface area contributed by atoms with E-state index in [9.17, 15) is 8.78 Å². The Morgan fingerprint density at radius 2 is 1.58 bits per heavy atom. The normalized spacial score (nSPS) is 12.4. The van der Waals surface area contributed by atoms with Gasteiger partial charge in [-0.1, -0.05) is 29.8 Å². The second kappa shape index (κ2) is 5.93. The molecular formula is C16H17F2N. The summed E-state index contributed by atoms with van der Waals surface area (Å²) in [6.45, 7) is 2.03. The molecule has 0 bridgehead atoms. The van der Waals surface area contributed by atoms with Crippen LogP contribution in [-0.2, 0) is 6.42 Å². The van der Waals surface area contributed by atoms with Crippen molar-refractivity contribution >= 4 is 0 Å². The lowest BCUT2D eigenvalue weighted by Crippen LogP contribution is -2.19. The molecule has 0 aliphatic heterocycles. The summed E-state index contributed by atoms with van der Waals surface area (Å²) in [4.78, 5) is 0. The highest BCUT2D eigenvalue weighted by atomic mass is 19.1. The standard InChI is InChI=1S/C16H17F2N/c1-11-3-5-13(6-4-11)16(19-2)9-12-7-14(17)10-15(18)8-12/h3-8,10,16,19H,9H2,1-2H3. The molecule has 100 valence electrons. The van der Waals surface area contributed by atoms with Gasteiger partial charge in [0.2, 0.25) is 0 Å². The van der Waals surface area contributed by atoms with Crippen molar-refractivity contribution in [2.75, 3.05) is 7.05 Å². The van der Waals surface area contributed by atoms with E-state index in [1.165, 1.54) is 17.7 Å². The maximum Gasteiger partial charge on any atom is 0.126 e. The number of nitrogens with one attached hydrogen (secondary N) is 1. The fourth-order valence-electron chi connectivity index (χ4n) is 2.15. The molecule has 1 unspecified atom stereocenters. The van der Waals surface area contributed by atoms with Crippen LogP contribution >= 0.6 is 0 Å². The number of halogens is 2. The van der Waals surface area contributed by atoms with Gasteiger partial charge in [-0.15, -0.1) is 0 Å². The van der Waals surface area contributed by atoms with Gasteiger partial charge in [0.25, 0.3) is 0 Å². The quantitative estimate of drug-likeness (QED) is 0.883. The van der Waals surface area contributed by atoms with Gasteiger partial charge in [0.15, 0.2) is 0 Å². The van der Waals surface area contributed by atoms with Crippen molar-refractivity contribution in [1.29, 1.82) is 0 Å². The molecule has 0 spiro atoms. The van der Waals surface area contributed by atoms with Gasteiger partial charge >= 0.3 is 0 Å². The highest BCUT2D eigenvalue weighted by Gasteiger charge is 2.11. The first kappa shape index (κ1) is 13.7. The topological polar surface area (TPSA) is 12.0 Å². The summed E-state index contributed by atoms with van der Waals surface area (Å²) in [5.74, 6) is -1.07. The fourth-order valence-corrected chi connectivity index (χ4v) is 2.15. The molecule has 1 atom stereocenters. The largest absolute Gasteiger partial charge is 0.313 e. The average Bonchev–Trinajstić information content (AvgIpc) is 2.36. The molecule has 19 heavy (non-hydrogen) atoms. The first-order valence-electron chi connectivity index (χ1n) is 6.27. The summed E-state index contributed by atoms with van der Waals surface area (Å²) in [7, 11) is 1.85. The molecule has 2 rings (SSSR count). The molecule has 0 heterocycles. The number of aryl methyl sites for hydroxylation is 1. The SMILES string of the molecule is CNC(Cc1cc(F)cc(F)c1)c1ccc(C)cc1. The molecule has 0 aromatic heterocycles. The van der Waals surface area contributed by atoms with Crippen molar-refractivity contribution in [1.82, 2.24) is 5.32 Å². The number of rotatable bonds is 4. The lowest BCUT2D eigenvalue weighted by molar-refractivity contribution is 0.562. The van der Waals surface area contributed by atoms with Crippen molar-refractivity contribution in [2.24, 2.45) is 0 Å². The van der Waals surface area contributed by atoms with Crippen molar-refractivity contribution in [3.05, 3.63) is 70.8 Å². The van der Waals surface area contributed by atoms with Gasteiger partial charge in [-0.2, -0.15) is 0 Å². The Kier molecular flexibility index (Phi) is 4.27. The third-order valence-electron chi connectivity index (χ3n) is 3.19. The van der Waals surface area contributed by atoms with Gasteiger partial charge in [-0.3, -0.25) is 0 Å². The molecule has 0 saturated heterocycles. The van der Waals surface area contributed by atoms with Gasteiger partial charge in [-0.05, 0) is 43.7 Å². The van der Waals surface area contributed by atoms with Crippen LogP contribution in [0.2, 0.25) is 0 Å². The zero-order valence-electron chi connectivity index (χ0n) is 11.1. The first-order chi connectivity index (χ1) is 9.08. The minimum absolute atomic E-state index is 0.0433. The summed E-state index contributed by atoms with van der Waals surface area (Å²) >= 11 is 0. The van der Waals surface area contributed by atoms with Crippen LogP contribution in [0.25, 0.3) is 0 Å². The van der Waals surface area contributed by atoms with E-state index >= 15 is 0 Å². The molecule has 2 aromatic rings. The summed E-state index contributed by atoms with van der Waals surface area (Å²) in [6, 6.07) is 11.8. The lowest BCUT2D eigenvalue weighted by Gasteiger charge is -2.17. The predicted octanol–water partition coefficient (Wildman–Crippen LogP) is 3.78. The van der Waals surface area contributed by atoms with E-state index in [1.807, 2.05) is 38.2 Å². The van der Waals surface area contributed by atoms with Crippen LogP contribution in [0.3, 0.4) is 0 Å². The Hall–Kier alpha value is -1.74. The van der Waals surface area contributed by atoms with Crippen molar-refractivity contribution in [3.8, 4) is 0 Å². The fraction of sp³-hybridized carbons (Fsp3) is 0.250. The van der Waals surface area contributed by atoms with E-state index < -0.39 is 11.6 Å². The van der Waals surface area contributed by atoms with Crippen LogP contribution in [0.1, 0.15) is 22.7 Å². The second-order valence-electron chi connectivity index (χ2n) is 4.73. The van der Waals surface area contributed by atoms with E-state index in [4.69, 9.17) is 0 Å². The van der Waals surface area contributed by atoms with Gasteiger partial charge < -0.3 is 5.32 Å². The molecule has 2 aromatic carbocycles. The van der Waals surface area contributed by atoms with Crippen molar-refractivity contribution in [2.45, 2.75) is 19.4 Å². The Labute approximate surface area is 112 Å². The Bertz CT molecular complexity index is 529. The number of hydrogen-bond acceptors (Lipinski definition) is 1. The number of likely N-dealkylation sites (N-methyl/N-ethyl adjacent to an activating group) is 1. The van der Waals surface area contributed by atoms with Crippen LogP contribution < -0.4 is 5.32 Å². The monoisotopic (exact) mass is 261 g/mol. The van der Waals surface area contributed by atoms with E-state index in [-0.39, 0.29) is 6.04 Å². The third kappa shape index (κ3) is 3.61. The highest BCUT2D eigenvalue weighted by molar-refractivity contribution is 5.27. The summed E-state index contributed by atoms with van der Waals surface area (Å²) in [5.41, 5.74) is 2.95. The van der Waals surface area contributed by atoms with Crippen LogP contribution in [-0.4, -0.2) is 7.05 Å². The van der Waals surface area contributed by atoms with Crippen LogP contribution in [0.15, 0.2) is 42.5 Å². The molecule has 0 radical (unpaired) electrons. The summed E-state index contributed by atoms with van der Waals surface area (Å²) in [6.07, 6.45) is 0.550.